The van der Waals surface area contributed by atoms with Gasteiger partial charge < -0.3 is 14.8 Å². The van der Waals surface area contributed by atoms with Crippen molar-refractivity contribution in [3.05, 3.63) is 66.4 Å². The molecule has 1 aliphatic rings. The highest BCUT2D eigenvalue weighted by Gasteiger charge is 2.19. The van der Waals surface area contributed by atoms with Crippen LogP contribution in [0.25, 0.3) is 0 Å². The van der Waals surface area contributed by atoms with E-state index < -0.39 is 10.0 Å². The SMILES string of the molecule is Cc1ccccc1Nc1ccc(NS(=O)(=O)c2ccc3c(c2)OCCO3)cn1. The van der Waals surface area contributed by atoms with Crippen molar-refractivity contribution in [2.24, 2.45) is 0 Å². The van der Waals surface area contributed by atoms with Crippen LogP contribution in [0, 0.1) is 6.92 Å². The van der Waals surface area contributed by atoms with Crippen LogP contribution in [0.2, 0.25) is 0 Å². The van der Waals surface area contributed by atoms with Gasteiger partial charge in [0, 0.05) is 11.8 Å². The first-order valence-electron chi connectivity index (χ1n) is 8.72. The van der Waals surface area contributed by atoms with Crippen LogP contribution < -0.4 is 19.5 Å². The summed E-state index contributed by atoms with van der Waals surface area (Å²) >= 11 is 0. The Kier molecular flexibility index (Phi) is 4.79. The number of benzene rings is 2. The highest BCUT2D eigenvalue weighted by atomic mass is 32.2. The predicted octanol–water partition coefficient (Wildman–Crippen LogP) is 3.71. The van der Waals surface area contributed by atoms with Gasteiger partial charge in [0.25, 0.3) is 10.0 Å². The van der Waals surface area contributed by atoms with Crippen LogP contribution in [0.5, 0.6) is 11.5 Å². The van der Waals surface area contributed by atoms with Gasteiger partial charge in [-0.1, -0.05) is 18.2 Å². The quantitative estimate of drug-likeness (QED) is 0.682. The van der Waals surface area contributed by atoms with Gasteiger partial charge in [-0.15, -0.1) is 0 Å². The predicted molar refractivity (Wildman–Crippen MR) is 107 cm³/mol. The molecule has 3 aromatic rings. The van der Waals surface area contributed by atoms with Gasteiger partial charge in [-0.2, -0.15) is 0 Å². The molecule has 7 nitrogen and oxygen atoms in total. The molecule has 0 bridgehead atoms. The number of rotatable bonds is 5. The number of anilines is 3. The minimum atomic E-state index is -3.77. The Hall–Kier alpha value is -3.26. The number of aryl methyl sites for hydroxylation is 1. The fraction of sp³-hybridized carbons (Fsp3) is 0.150. The molecule has 28 heavy (non-hydrogen) atoms. The average Bonchev–Trinajstić information content (AvgIpc) is 2.70. The molecule has 0 atom stereocenters. The van der Waals surface area contributed by atoms with E-state index in [0.717, 1.165) is 11.3 Å². The monoisotopic (exact) mass is 397 g/mol. The van der Waals surface area contributed by atoms with Gasteiger partial charge in [0.2, 0.25) is 0 Å². The lowest BCUT2D eigenvalue weighted by Crippen LogP contribution is -2.17. The molecule has 144 valence electrons. The van der Waals surface area contributed by atoms with Crippen molar-refractivity contribution in [1.29, 1.82) is 0 Å². The number of sulfonamides is 1. The maximum absolute atomic E-state index is 12.7. The fourth-order valence-electron chi connectivity index (χ4n) is 2.78. The summed E-state index contributed by atoms with van der Waals surface area (Å²) < 4.78 is 38.7. The Morgan fingerprint density at radius 3 is 2.50 bits per heavy atom. The van der Waals surface area contributed by atoms with Gasteiger partial charge in [0.1, 0.15) is 19.0 Å². The van der Waals surface area contributed by atoms with Crippen LogP contribution >= 0.6 is 0 Å². The highest BCUT2D eigenvalue weighted by Crippen LogP contribution is 2.32. The molecule has 1 aromatic heterocycles. The lowest BCUT2D eigenvalue weighted by Gasteiger charge is -2.19. The van der Waals surface area contributed by atoms with Crippen molar-refractivity contribution in [3.63, 3.8) is 0 Å². The molecule has 0 aliphatic carbocycles. The number of hydrogen-bond acceptors (Lipinski definition) is 6. The second-order valence-corrected chi connectivity index (χ2v) is 7.97. The Morgan fingerprint density at radius 1 is 0.964 bits per heavy atom. The Balaban J connectivity index is 1.50. The van der Waals surface area contributed by atoms with Crippen LogP contribution in [-0.4, -0.2) is 26.6 Å². The van der Waals surface area contributed by atoms with Crippen molar-refractivity contribution in [2.45, 2.75) is 11.8 Å². The Labute approximate surface area is 163 Å². The maximum Gasteiger partial charge on any atom is 0.262 e. The summed E-state index contributed by atoms with van der Waals surface area (Å²) in [6, 6.07) is 15.8. The van der Waals surface area contributed by atoms with E-state index in [1.807, 2.05) is 31.2 Å². The maximum atomic E-state index is 12.7. The van der Waals surface area contributed by atoms with E-state index in [1.54, 1.807) is 18.2 Å². The summed E-state index contributed by atoms with van der Waals surface area (Å²) in [7, 11) is -3.77. The lowest BCUT2D eigenvalue weighted by atomic mass is 10.2. The van der Waals surface area contributed by atoms with Gasteiger partial charge in [0.15, 0.2) is 11.5 Å². The van der Waals surface area contributed by atoms with E-state index in [0.29, 0.717) is 36.2 Å². The smallest absolute Gasteiger partial charge is 0.262 e. The molecule has 0 spiro atoms. The normalized spacial score (nSPS) is 13.0. The van der Waals surface area contributed by atoms with Crippen molar-refractivity contribution in [2.75, 3.05) is 23.3 Å². The van der Waals surface area contributed by atoms with Crippen molar-refractivity contribution in [3.8, 4) is 11.5 Å². The van der Waals surface area contributed by atoms with E-state index >= 15 is 0 Å². The summed E-state index contributed by atoms with van der Waals surface area (Å²) in [6.45, 7) is 2.84. The molecule has 0 saturated carbocycles. The van der Waals surface area contributed by atoms with Crippen LogP contribution in [0.1, 0.15) is 5.56 Å². The second kappa shape index (κ2) is 7.40. The zero-order valence-electron chi connectivity index (χ0n) is 15.2. The first-order valence-corrected chi connectivity index (χ1v) is 10.2. The second-order valence-electron chi connectivity index (χ2n) is 6.28. The number of aromatic nitrogens is 1. The number of pyridine rings is 1. The number of nitrogens with zero attached hydrogens (tertiary/aromatic N) is 1. The summed E-state index contributed by atoms with van der Waals surface area (Å²) in [5.74, 6) is 1.58. The number of nitrogens with one attached hydrogen (secondary N) is 2. The standard InChI is InChI=1S/C20H19N3O4S/c1-14-4-2-3-5-17(14)22-20-9-6-15(13-21-20)23-28(24,25)16-7-8-18-19(12-16)27-11-10-26-18/h2-9,12-13,23H,10-11H2,1H3,(H,21,22). The molecule has 0 saturated heterocycles. The van der Waals surface area contributed by atoms with E-state index in [9.17, 15) is 8.42 Å². The molecule has 2 aromatic carbocycles. The summed E-state index contributed by atoms with van der Waals surface area (Å²) in [5.41, 5.74) is 2.40. The van der Waals surface area contributed by atoms with E-state index in [2.05, 4.69) is 15.0 Å². The largest absolute Gasteiger partial charge is 0.486 e. The molecular weight excluding hydrogens is 378 g/mol. The van der Waals surface area contributed by atoms with Gasteiger partial charge in [0.05, 0.1) is 16.8 Å². The number of hydrogen-bond donors (Lipinski definition) is 2. The molecular formula is C20H19N3O4S. The minimum absolute atomic E-state index is 0.0962. The Bertz CT molecular complexity index is 1100. The van der Waals surface area contributed by atoms with Crippen molar-refractivity contribution in [1.82, 2.24) is 4.98 Å². The van der Waals surface area contributed by atoms with E-state index in [-0.39, 0.29) is 4.90 Å². The van der Waals surface area contributed by atoms with Crippen LogP contribution in [0.3, 0.4) is 0 Å². The molecule has 4 rings (SSSR count). The molecule has 2 N–H and O–H groups in total. The fourth-order valence-corrected chi connectivity index (χ4v) is 3.84. The summed E-state index contributed by atoms with van der Waals surface area (Å²) in [6.07, 6.45) is 1.47. The molecule has 1 aliphatic heterocycles. The van der Waals surface area contributed by atoms with E-state index in [4.69, 9.17) is 9.47 Å². The van der Waals surface area contributed by atoms with Gasteiger partial charge in [-0.25, -0.2) is 13.4 Å². The Morgan fingerprint density at radius 2 is 1.75 bits per heavy atom. The van der Waals surface area contributed by atoms with Gasteiger partial charge in [-0.05, 0) is 42.8 Å². The molecule has 8 heteroatoms. The molecule has 2 heterocycles. The molecule has 0 fully saturated rings. The van der Waals surface area contributed by atoms with Crippen molar-refractivity contribution < 1.29 is 17.9 Å². The number of fused-ring (bicyclic) bond motifs is 1. The third kappa shape index (κ3) is 3.86. The van der Waals surface area contributed by atoms with Crippen LogP contribution in [0.4, 0.5) is 17.2 Å². The molecule has 0 radical (unpaired) electrons. The topological polar surface area (TPSA) is 89.5 Å². The average molecular weight is 397 g/mol. The third-order valence-corrected chi connectivity index (χ3v) is 5.63. The van der Waals surface area contributed by atoms with Crippen LogP contribution in [-0.2, 0) is 10.0 Å². The first-order chi connectivity index (χ1) is 13.5. The minimum Gasteiger partial charge on any atom is -0.486 e. The molecule has 0 amide bonds. The number of ether oxygens (including phenoxy) is 2. The number of para-hydroxylation sites is 1. The molecule has 0 unspecified atom stereocenters. The van der Waals surface area contributed by atoms with Gasteiger partial charge >= 0.3 is 0 Å². The van der Waals surface area contributed by atoms with Crippen molar-refractivity contribution >= 4 is 27.2 Å². The summed E-state index contributed by atoms with van der Waals surface area (Å²) in [5, 5.41) is 3.21. The third-order valence-electron chi connectivity index (χ3n) is 4.25. The van der Waals surface area contributed by atoms with Gasteiger partial charge in [-0.3, -0.25) is 4.72 Å². The first kappa shape index (κ1) is 18.1. The zero-order chi connectivity index (χ0) is 19.6. The lowest BCUT2D eigenvalue weighted by molar-refractivity contribution is 0.171. The summed E-state index contributed by atoms with van der Waals surface area (Å²) in [4.78, 5) is 4.38. The van der Waals surface area contributed by atoms with E-state index in [1.165, 1.54) is 18.3 Å². The highest BCUT2D eigenvalue weighted by molar-refractivity contribution is 7.92. The van der Waals surface area contributed by atoms with Crippen LogP contribution in [0.15, 0.2) is 65.7 Å². The zero-order valence-corrected chi connectivity index (χ0v) is 16.0.